The van der Waals surface area contributed by atoms with Gasteiger partial charge in [-0.15, -0.1) is 0 Å². The van der Waals surface area contributed by atoms with Crippen LogP contribution in [0.1, 0.15) is 30.6 Å². The monoisotopic (exact) mass is 325 g/mol. The third-order valence-electron chi connectivity index (χ3n) is 3.98. The molecular formula is C15H23N3O3S. The average molecular weight is 325 g/mol. The lowest BCUT2D eigenvalue weighted by Crippen LogP contribution is -2.32. The number of nitrogens with two attached hydrogens (primary N) is 1. The molecule has 1 atom stereocenters. The van der Waals surface area contributed by atoms with Crippen LogP contribution >= 0.6 is 0 Å². The zero-order valence-electron chi connectivity index (χ0n) is 13.0. The predicted octanol–water partition coefficient (Wildman–Crippen LogP) is 0.890. The molecule has 1 fully saturated rings. The lowest BCUT2D eigenvalue weighted by molar-refractivity contribution is 0.0773. The second-order valence-electron chi connectivity index (χ2n) is 5.41. The van der Waals surface area contributed by atoms with Crippen molar-refractivity contribution in [3.63, 3.8) is 0 Å². The molecule has 0 unspecified atom stereocenters. The Kier molecular flexibility index (Phi) is 5.20. The van der Waals surface area contributed by atoms with Crippen LogP contribution in [0.3, 0.4) is 0 Å². The van der Waals surface area contributed by atoms with Gasteiger partial charge in [-0.3, -0.25) is 4.79 Å². The fourth-order valence-corrected chi connectivity index (χ4v) is 4.10. The van der Waals surface area contributed by atoms with E-state index in [1.807, 2.05) is 13.8 Å². The molecule has 1 amide bonds. The molecule has 7 heteroatoms. The summed E-state index contributed by atoms with van der Waals surface area (Å²) in [5, 5.41) is 0. The summed E-state index contributed by atoms with van der Waals surface area (Å²) in [6, 6.07) is 6.04. The second-order valence-corrected chi connectivity index (χ2v) is 7.35. The highest BCUT2D eigenvalue weighted by atomic mass is 32.2. The topological polar surface area (TPSA) is 83.7 Å². The molecule has 22 heavy (non-hydrogen) atoms. The zero-order valence-corrected chi connectivity index (χ0v) is 13.8. The Morgan fingerprint density at radius 1 is 1.27 bits per heavy atom. The molecule has 1 aliphatic heterocycles. The molecule has 122 valence electrons. The fourth-order valence-electron chi connectivity index (χ4n) is 2.58. The van der Waals surface area contributed by atoms with Crippen molar-refractivity contribution in [1.82, 2.24) is 9.21 Å². The second kappa shape index (κ2) is 6.76. The van der Waals surface area contributed by atoms with Gasteiger partial charge in [0.25, 0.3) is 5.91 Å². The maximum atomic E-state index is 12.5. The van der Waals surface area contributed by atoms with E-state index in [0.717, 1.165) is 0 Å². The van der Waals surface area contributed by atoms with E-state index >= 15 is 0 Å². The van der Waals surface area contributed by atoms with Crippen molar-refractivity contribution in [3.05, 3.63) is 29.8 Å². The van der Waals surface area contributed by atoms with Gasteiger partial charge >= 0.3 is 0 Å². The van der Waals surface area contributed by atoms with Crippen LogP contribution in [0.4, 0.5) is 0 Å². The number of benzene rings is 1. The number of hydrogen-bond acceptors (Lipinski definition) is 4. The van der Waals surface area contributed by atoms with Crippen molar-refractivity contribution in [2.45, 2.75) is 31.2 Å². The van der Waals surface area contributed by atoms with Crippen molar-refractivity contribution >= 4 is 15.9 Å². The number of carbonyl (C=O) groups is 1. The van der Waals surface area contributed by atoms with Gasteiger partial charge in [-0.25, -0.2) is 8.42 Å². The van der Waals surface area contributed by atoms with Crippen molar-refractivity contribution in [2.24, 2.45) is 5.73 Å². The standard InChI is InChI=1S/C15H23N3O3S/c1-3-17(4-2)15(19)12-5-7-14(8-6-12)22(20,21)18-10-9-13(16)11-18/h5-8,13H,3-4,9-11,16H2,1-2H3/t13-/m1/s1. The third-order valence-corrected chi connectivity index (χ3v) is 5.86. The highest BCUT2D eigenvalue weighted by molar-refractivity contribution is 7.89. The van der Waals surface area contributed by atoms with E-state index in [9.17, 15) is 13.2 Å². The van der Waals surface area contributed by atoms with Gasteiger partial charge in [-0.05, 0) is 44.5 Å². The van der Waals surface area contributed by atoms with Gasteiger partial charge in [0.2, 0.25) is 10.0 Å². The molecule has 1 saturated heterocycles. The molecule has 2 N–H and O–H groups in total. The first-order chi connectivity index (χ1) is 10.4. The zero-order chi connectivity index (χ0) is 16.3. The average Bonchev–Trinajstić information content (AvgIpc) is 2.96. The van der Waals surface area contributed by atoms with E-state index in [4.69, 9.17) is 5.73 Å². The smallest absolute Gasteiger partial charge is 0.253 e. The van der Waals surface area contributed by atoms with E-state index < -0.39 is 10.0 Å². The molecule has 0 aliphatic carbocycles. The molecule has 0 bridgehead atoms. The van der Waals surface area contributed by atoms with Gasteiger partial charge in [-0.2, -0.15) is 4.31 Å². The van der Waals surface area contributed by atoms with Crippen LogP contribution in [0.25, 0.3) is 0 Å². The lowest BCUT2D eigenvalue weighted by Gasteiger charge is -2.19. The number of sulfonamides is 1. The summed E-state index contributed by atoms with van der Waals surface area (Å²) in [5.74, 6) is -0.0860. The highest BCUT2D eigenvalue weighted by Crippen LogP contribution is 2.21. The molecule has 1 heterocycles. The first-order valence-corrected chi connectivity index (χ1v) is 8.99. The number of rotatable bonds is 5. The first-order valence-electron chi connectivity index (χ1n) is 7.55. The summed E-state index contributed by atoms with van der Waals surface area (Å²) >= 11 is 0. The number of carbonyl (C=O) groups excluding carboxylic acids is 1. The molecule has 0 radical (unpaired) electrons. The maximum Gasteiger partial charge on any atom is 0.253 e. The summed E-state index contributed by atoms with van der Waals surface area (Å²) in [6.07, 6.45) is 0.678. The van der Waals surface area contributed by atoms with Crippen LogP contribution in [0.15, 0.2) is 29.2 Å². The van der Waals surface area contributed by atoms with Gasteiger partial charge in [0.05, 0.1) is 4.90 Å². The third kappa shape index (κ3) is 3.31. The van der Waals surface area contributed by atoms with Crippen molar-refractivity contribution in [1.29, 1.82) is 0 Å². The van der Waals surface area contributed by atoms with E-state index in [1.165, 1.54) is 16.4 Å². The van der Waals surface area contributed by atoms with Crippen LogP contribution in [-0.2, 0) is 10.0 Å². The molecule has 0 spiro atoms. The minimum Gasteiger partial charge on any atom is -0.339 e. The molecule has 0 saturated carbocycles. The quantitative estimate of drug-likeness (QED) is 0.871. The molecule has 1 aliphatic rings. The van der Waals surface area contributed by atoms with Crippen LogP contribution < -0.4 is 5.73 Å². The van der Waals surface area contributed by atoms with Crippen LogP contribution in [-0.4, -0.2) is 55.8 Å². The van der Waals surface area contributed by atoms with Gasteiger partial charge in [-0.1, -0.05) is 0 Å². The molecule has 1 aromatic carbocycles. The Balaban J connectivity index is 2.20. The van der Waals surface area contributed by atoms with Gasteiger partial charge < -0.3 is 10.6 Å². The largest absolute Gasteiger partial charge is 0.339 e. The van der Waals surface area contributed by atoms with Gasteiger partial charge in [0.1, 0.15) is 0 Å². The van der Waals surface area contributed by atoms with Crippen LogP contribution in [0, 0.1) is 0 Å². The Hall–Kier alpha value is -1.44. The van der Waals surface area contributed by atoms with Crippen LogP contribution in [0.2, 0.25) is 0 Å². The van der Waals surface area contributed by atoms with Gasteiger partial charge in [0, 0.05) is 37.8 Å². The van der Waals surface area contributed by atoms with Crippen molar-refractivity contribution in [3.8, 4) is 0 Å². The SMILES string of the molecule is CCN(CC)C(=O)c1ccc(S(=O)(=O)N2CC[C@@H](N)C2)cc1. The molecule has 2 rings (SSSR count). The summed E-state index contributed by atoms with van der Waals surface area (Å²) in [7, 11) is -3.52. The first kappa shape index (κ1) is 16.9. The Labute approximate surface area is 131 Å². The number of nitrogens with zero attached hydrogens (tertiary/aromatic N) is 2. The Morgan fingerprint density at radius 3 is 2.32 bits per heavy atom. The summed E-state index contributed by atoms with van der Waals surface area (Å²) in [4.78, 5) is 14.1. The van der Waals surface area contributed by atoms with E-state index in [0.29, 0.717) is 38.2 Å². The molecule has 0 aromatic heterocycles. The number of amides is 1. The van der Waals surface area contributed by atoms with Crippen molar-refractivity contribution in [2.75, 3.05) is 26.2 Å². The van der Waals surface area contributed by atoms with Gasteiger partial charge in [0.15, 0.2) is 0 Å². The number of hydrogen-bond donors (Lipinski definition) is 1. The minimum absolute atomic E-state index is 0.0860. The van der Waals surface area contributed by atoms with E-state index in [-0.39, 0.29) is 16.8 Å². The summed E-state index contributed by atoms with van der Waals surface area (Å²) in [5.41, 5.74) is 6.27. The summed E-state index contributed by atoms with van der Waals surface area (Å²) in [6.45, 7) is 5.88. The predicted molar refractivity (Wildman–Crippen MR) is 85.0 cm³/mol. The van der Waals surface area contributed by atoms with E-state index in [1.54, 1.807) is 17.0 Å². The summed E-state index contributed by atoms with van der Waals surface area (Å²) < 4.78 is 26.4. The maximum absolute atomic E-state index is 12.5. The normalized spacial score (nSPS) is 19.3. The lowest BCUT2D eigenvalue weighted by atomic mass is 10.2. The van der Waals surface area contributed by atoms with Crippen molar-refractivity contribution < 1.29 is 13.2 Å². The fraction of sp³-hybridized carbons (Fsp3) is 0.533. The molecular weight excluding hydrogens is 302 g/mol. The highest BCUT2D eigenvalue weighted by Gasteiger charge is 2.30. The Bertz CT molecular complexity index is 624. The van der Waals surface area contributed by atoms with Crippen LogP contribution in [0.5, 0.6) is 0 Å². The Morgan fingerprint density at radius 2 is 1.86 bits per heavy atom. The van der Waals surface area contributed by atoms with E-state index in [2.05, 4.69) is 0 Å². The molecule has 6 nitrogen and oxygen atoms in total. The minimum atomic E-state index is -3.52. The molecule has 1 aromatic rings.